The van der Waals surface area contributed by atoms with Crippen LogP contribution in [0.2, 0.25) is 0 Å². The molecule has 11 heteroatoms. The molecular formula is C50H55O10P. The fraction of sp³-hybridized carbons (Fsp3) is 0.320. The molecule has 5 aromatic rings. The highest BCUT2D eigenvalue weighted by atomic mass is 31.2. The van der Waals surface area contributed by atoms with Gasteiger partial charge >= 0.3 is 23.9 Å². The summed E-state index contributed by atoms with van der Waals surface area (Å²) >= 11 is 0. The van der Waals surface area contributed by atoms with Crippen LogP contribution in [0.4, 0.5) is 0 Å². The van der Waals surface area contributed by atoms with Crippen molar-refractivity contribution in [1.29, 1.82) is 0 Å². The van der Waals surface area contributed by atoms with E-state index < -0.39 is 49.2 Å². The van der Waals surface area contributed by atoms with E-state index in [2.05, 4.69) is 0 Å². The minimum Gasteiger partial charge on any atom is -0.461 e. The number of carbonyl (C=O) groups excluding carboxylic acids is 4. The maximum Gasteiger partial charge on any atom is 0.309 e. The molecule has 5 aromatic carbocycles. The second-order valence-electron chi connectivity index (χ2n) is 14.9. The van der Waals surface area contributed by atoms with Crippen LogP contribution in [0, 0.1) is 11.8 Å². The van der Waals surface area contributed by atoms with Gasteiger partial charge in [0.15, 0.2) is 0 Å². The minimum atomic E-state index is -4.03. The third-order valence-electron chi connectivity index (χ3n) is 10.0. The Hall–Kier alpha value is -5.83. The second kappa shape index (κ2) is 25.1. The summed E-state index contributed by atoms with van der Waals surface area (Å²) in [6.07, 6.45) is -0.550. The van der Waals surface area contributed by atoms with Crippen molar-refractivity contribution in [2.45, 2.75) is 78.0 Å². The van der Waals surface area contributed by atoms with E-state index in [0.29, 0.717) is 12.8 Å². The molecule has 0 aliphatic carbocycles. The maximum atomic E-state index is 15.7. The lowest BCUT2D eigenvalue weighted by Crippen LogP contribution is -2.28. The summed E-state index contributed by atoms with van der Waals surface area (Å²) in [5, 5.41) is 0. The van der Waals surface area contributed by atoms with Gasteiger partial charge < -0.3 is 23.5 Å². The fourth-order valence-electron chi connectivity index (χ4n) is 6.74. The van der Waals surface area contributed by atoms with Gasteiger partial charge in [0.25, 0.3) is 0 Å². The molecule has 0 N–H and O–H groups in total. The number of ether oxygens (including phenoxy) is 4. The topological polar surface area (TPSA) is 132 Å². The Kier molecular flexibility index (Phi) is 19.0. The molecule has 0 radical (unpaired) electrons. The fourth-order valence-corrected chi connectivity index (χ4v) is 9.76. The Morgan fingerprint density at radius 1 is 0.459 bits per heavy atom. The van der Waals surface area contributed by atoms with Crippen molar-refractivity contribution in [1.82, 2.24) is 0 Å². The first-order valence-electron chi connectivity index (χ1n) is 20.8. The first-order chi connectivity index (χ1) is 29.7. The van der Waals surface area contributed by atoms with Gasteiger partial charge in [-0.15, -0.1) is 0 Å². The van der Waals surface area contributed by atoms with Crippen molar-refractivity contribution in [2.75, 3.05) is 12.3 Å². The zero-order chi connectivity index (χ0) is 43.1. The van der Waals surface area contributed by atoms with E-state index in [9.17, 15) is 19.2 Å². The number of esters is 4. The minimum absolute atomic E-state index is 0.0399. The summed E-state index contributed by atoms with van der Waals surface area (Å²) < 4.78 is 45.0. The summed E-state index contributed by atoms with van der Waals surface area (Å²) in [4.78, 5) is 54.3. The van der Waals surface area contributed by atoms with Gasteiger partial charge in [0.05, 0.1) is 17.9 Å². The number of hydrogen-bond acceptors (Lipinski definition) is 10. The van der Waals surface area contributed by atoms with Crippen LogP contribution < -0.4 is 0 Å². The van der Waals surface area contributed by atoms with Crippen LogP contribution in [-0.4, -0.2) is 36.2 Å². The van der Waals surface area contributed by atoms with Crippen LogP contribution >= 0.6 is 7.37 Å². The van der Waals surface area contributed by atoms with E-state index >= 15 is 4.57 Å². The second-order valence-corrected chi connectivity index (χ2v) is 17.5. The smallest absolute Gasteiger partial charge is 0.309 e. The van der Waals surface area contributed by atoms with E-state index in [1.165, 1.54) is 0 Å². The lowest BCUT2D eigenvalue weighted by molar-refractivity contribution is -0.151. The monoisotopic (exact) mass is 846 g/mol. The molecule has 0 aliphatic rings. The summed E-state index contributed by atoms with van der Waals surface area (Å²) in [7, 11) is -4.03. The molecule has 2 unspecified atom stereocenters. The van der Waals surface area contributed by atoms with E-state index in [1.807, 2.05) is 159 Å². The number of benzene rings is 5. The van der Waals surface area contributed by atoms with Crippen molar-refractivity contribution in [3.05, 3.63) is 179 Å². The average Bonchev–Trinajstić information content (AvgIpc) is 3.30. The molecule has 0 aliphatic heterocycles. The van der Waals surface area contributed by atoms with Crippen LogP contribution in [0.25, 0.3) is 0 Å². The van der Waals surface area contributed by atoms with Crippen molar-refractivity contribution >= 4 is 31.2 Å². The van der Waals surface area contributed by atoms with E-state index in [4.69, 9.17) is 23.5 Å². The Morgan fingerprint density at radius 2 is 0.787 bits per heavy atom. The van der Waals surface area contributed by atoms with Crippen LogP contribution in [0.1, 0.15) is 79.4 Å². The van der Waals surface area contributed by atoms with Crippen molar-refractivity contribution in [3.8, 4) is 0 Å². The van der Waals surface area contributed by atoms with Crippen LogP contribution in [-0.2, 0) is 73.6 Å². The molecule has 0 bridgehead atoms. The molecule has 0 saturated carbocycles. The molecule has 10 nitrogen and oxygen atoms in total. The standard InChI is InChI=1S/C50H55O10P/c1-2-18-46(43-27-16-7-17-28-43)60-61(55,37-44(49(53)58-35-41-23-12-5-13-24-41)29-31-47(51)56-33-39-19-8-3-9-20-39)38-45(50(54)59-36-42-25-14-6-15-26-42)30-32-48(52)57-34-40-21-10-4-11-22-40/h3-17,19-28,44-46H,2,18,29-38H2,1H3/t44?,45?,46-,61?/m1/s1. The molecule has 5 rings (SSSR count). The lowest BCUT2D eigenvalue weighted by atomic mass is 10.1. The quantitative estimate of drug-likeness (QED) is 0.0318. The van der Waals surface area contributed by atoms with E-state index in [0.717, 1.165) is 27.8 Å². The predicted molar refractivity (Wildman–Crippen MR) is 233 cm³/mol. The molecule has 61 heavy (non-hydrogen) atoms. The first kappa shape index (κ1) is 46.2. The third-order valence-corrected chi connectivity index (χ3v) is 12.7. The largest absolute Gasteiger partial charge is 0.461 e. The van der Waals surface area contributed by atoms with Crippen molar-refractivity contribution in [2.24, 2.45) is 11.8 Å². The molecule has 3 atom stereocenters. The Labute approximate surface area is 359 Å². The molecule has 0 heterocycles. The highest BCUT2D eigenvalue weighted by Gasteiger charge is 2.40. The molecular weight excluding hydrogens is 792 g/mol. The van der Waals surface area contributed by atoms with Gasteiger partial charge in [-0.05, 0) is 47.1 Å². The van der Waals surface area contributed by atoms with Crippen molar-refractivity contribution in [3.63, 3.8) is 0 Å². The summed E-state index contributed by atoms with van der Waals surface area (Å²) in [5.41, 5.74) is 3.91. The summed E-state index contributed by atoms with van der Waals surface area (Å²) in [6.45, 7) is 2.02. The molecule has 0 saturated heterocycles. The molecule has 0 spiro atoms. The van der Waals surface area contributed by atoms with Gasteiger partial charge in [0, 0.05) is 25.2 Å². The van der Waals surface area contributed by atoms with Gasteiger partial charge in [0.2, 0.25) is 7.37 Å². The molecule has 0 amide bonds. The number of rotatable bonds is 25. The Morgan fingerprint density at radius 3 is 1.13 bits per heavy atom. The number of carbonyl (C=O) groups is 4. The van der Waals surface area contributed by atoms with Gasteiger partial charge in [-0.1, -0.05) is 165 Å². The lowest BCUT2D eigenvalue weighted by Gasteiger charge is -2.30. The highest BCUT2D eigenvalue weighted by molar-refractivity contribution is 7.59. The SMILES string of the molecule is CCC[C@@H](OP(=O)(CC(CCC(=O)OCc1ccccc1)C(=O)OCc1ccccc1)CC(CCC(=O)OCc1ccccc1)C(=O)OCc1ccccc1)c1ccccc1. The van der Waals surface area contributed by atoms with Crippen LogP contribution in [0.15, 0.2) is 152 Å². The Balaban J connectivity index is 1.42. The first-order valence-corrected chi connectivity index (χ1v) is 22.8. The zero-order valence-corrected chi connectivity index (χ0v) is 35.6. The van der Waals surface area contributed by atoms with E-state index in [1.54, 1.807) is 0 Å². The van der Waals surface area contributed by atoms with Gasteiger partial charge in [0.1, 0.15) is 26.4 Å². The van der Waals surface area contributed by atoms with Crippen molar-refractivity contribution < 1.29 is 47.2 Å². The third kappa shape index (κ3) is 16.6. The molecule has 0 aromatic heterocycles. The van der Waals surface area contributed by atoms with E-state index in [-0.39, 0.29) is 64.4 Å². The maximum absolute atomic E-state index is 15.7. The van der Waals surface area contributed by atoms with Crippen LogP contribution in [0.5, 0.6) is 0 Å². The average molecular weight is 847 g/mol. The summed E-state index contributed by atoms with van der Waals surface area (Å²) in [6, 6.07) is 46.2. The Bertz CT molecular complexity index is 1990. The predicted octanol–water partition coefficient (Wildman–Crippen LogP) is 10.6. The molecule has 0 fully saturated rings. The zero-order valence-electron chi connectivity index (χ0n) is 34.7. The summed E-state index contributed by atoms with van der Waals surface area (Å²) in [5.74, 6) is -4.55. The molecule has 320 valence electrons. The normalized spacial score (nSPS) is 13.5. The van der Waals surface area contributed by atoms with Gasteiger partial charge in [-0.2, -0.15) is 0 Å². The van der Waals surface area contributed by atoms with Gasteiger partial charge in [-0.25, -0.2) is 0 Å². The highest BCUT2D eigenvalue weighted by Crippen LogP contribution is 2.55. The van der Waals surface area contributed by atoms with Gasteiger partial charge in [-0.3, -0.25) is 23.7 Å². The number of hydrogen-bond donors (Lipinski definition) is 0. The van der Waals surface area contributed by atoms with Crippen LogP contribution in [0.3, 0.4) is 0 Å².